The van der Waals surface area contributed by atoms with Gasteiger partial charge in [0.15, 0.2) is 5.16 Å². The molecule has 0 aliphatic carbocycles. The van der Waals surface area contributed by atoms with Crippen LogP contribution in [0.4, 0.5) is 11.4 Å². The monoisotopic (exact) mass is 486 g/mol. The number of ether oxygens (including phenoxy) is 1. The first-order valence-corrected chi connectivity index (χ1v) is 11.5. The molecule has 0 radical (unpaired) electrons. The Morgan fingerprint density at radius 3 is 2.57 bits per heavy atom. The van der Waals surface area contributed by atoms with Gasteiger partial charge in [-0.2, -0.15) is 0 Å². The van der Waals surface area contributed by atoms with E-state index in [2.05, 4.69) is 36.1 Å². The molecule has 4 rings (SSSR count). The number of aromatic amines is 1. The molecule has 6 nitrogen and oxygen atoms in total. The van der Waals surface area contributed by atoms with Crippen molar-refractivity contribution in [3.63, 3.8) is 0 Å². The number of benzene rings is 2. The zero-order chi connectivity index (χ0) is 20.9. The summed E-state index contributed by atoms with van der Waals surface area (Å²) in [5.74, 6) is -0.0549. The van der Waals surface area contributed by atoms with E-state index >= 15 is 0 Å². The van der Waals surface area contributed by atoms with Gasteiger partial charge < -0.3 is 19.9 Å². The second-order valence-corrected chi connectivity index (χ2v) is 9.25. The molecule has 0 saturated carbocycles. The summed E-state index contributed by atoms with van der Waals surface area (Å²) in [6.45, 7) is 5.17. The van der Waals surface area contributed by atoms with Gasteiger partial charge in [-0.3, -0.25) is 4.79 Å². The number of thioether (sulfide) groups is 1. The lowest BCUT2D eigenvalue weighted by Crippen LogP contribution is -2.36. The molecule has 1 aliphatic rings. The van der Waals surface area contributed by atoms with Crippen LogP contribution >= 0.6 is 27.7 Å². The van der Waals surface area contributed by atoms with Crippen molar-refractivity contribution in [3.05, 3.63) is 59.2 Å². The van der Waals surface area contributed by atoms with E-state index in [1.807, 2.05) is 55.5 Å². The second kappa shape index (κ2) is 9.68. The largest absolute Gasteiger partial charge is 0.378 e. The number of imidazole rings is 1. The zero-order valence-corrected chi connectivity index (χ0v) is 19.0. The summed E-state index contributed by atoms with van der Waals surface area (Å²) in [6.07, 6.45) is 1.79. The number of rotatable bonds is 6. The zero-order valence-electron chi connectivity index (χ0n) is 16.6. The van der Waals surface area contributed by atoms with Crippen molar-refractivity contribution in [3.8, 4) is 11.3 Å². The molecular weight excluding hydrogens is 464 g/mol. The van der Waals surface area contributed by atoms with Crippen molar-refractivity contribution in [2.75, 3.05) is 36.5 Å². The molecule has 8 heteroatoms. The lowest BCUT2D eigenvalue weighted by molar-refractivity contribution is -0.115. The van der Waals surface area contributed by atoms with Crippen LogP contribution in [-0.4, -0.2) is 47.4 Å². The molecule has 3 aromatic rings. The van der Waals surface area contributed by atoms with Crippen LogP contribution in [-0.2, 0) is 9.53 Å². The minimum atomic E-state index is -0.284. The summed E-state index contributed by atoms with van der Waals surface area (Å²) in [4.78, 5) is 22.6. The van der Waals surface area contributed by atoms with E-state index in [1.54, 1.807) is 6.20 Å². The van der Waals surface area contributed by atoms with Crippen LogP contribution in [0.15, 0.2) is 64.4 Å². The van der Waals surface area contributed by atoms with Gasteiger partial charge >= 0.3 is 0 Å². The van der Waals surface area contributed by atoms with E-state index in [1.165, 1.54) is 11.8 Å². The Morgan fingerprint density at radius 1 is 1.17 bits per heavy atom. The SMILES string of the molecule is C[C@@H](Sc1ncc(-c2ccc(Br)cc2)[nH]1)C(=O)Nc1ccc(N2CCOCC2)cc1. The van der Waals surface area contributed by atoms with Crippen LogP contribution in [0.5, 0.6) is 0 Å². The first-order valence-electron chi connectivity index (χ1n) is 9.80. The van der Waals surface area contributed by atoms with Crippen molar-refractivity contribution in [1.82, 2.24) is 9.97 Å². The van der Waals surface area contributed by atoms with Gasteiger partial charge in [0, 0.05) is 28.9 Å². The van der Waals surface area contributed by atoms with Crippen LogP contribution in [0.2, 0.25) is 0 Å². The minimum absolute atomic E-state index is 0.0549. The fraction of sp³-hybridized carbons (Fsp3) is 0.273. The summed E-state index contributed by atoms with van der Waals surface area (Å²) in [5, 5.41) is 3.42. The smallest absolute Gasteiger partial charge is 0.237 e. The highest BCUT2D eigenvalue weighted by atomic mass is 79.9. The Balaban J connectivity index is 1.33. The number of hydrogen-bond donors (Lipinski definition) is 2. The van der Waals surface area contributed by atoms with Gasteiger partial charge in [0.25, 0.3) is 0 Å². The van der Waals surface area contributed by atoms with Gasteiger partial charge in [0.2, 0.25) is 5.91 Å². The molecule has 2 aromatic carbocycles. The molecule has 2 heterocycles. The first-order chi connectivity index (χ1) is 14.6. The molecule has 0 unspecified atom stereocenters. The average Bonchev–Trinajstić information content (AvgIpc) is 3.24. The molecule has 1 saturated heterocycles. The number of H-pyrrole nitrogens is 1. The molecule has 1 aromatic heterocycles. The maximum absolute atomic E-state index is 12.6. The average molecular weight is 487 g/mol. The minimum Gasteiger partial charge on any atom is -0.378 e. The number of carbonyl (C=O) groups is 1. The van der Waals surface area contributed by atoms with Crippen LogP contribution < -0.4 is 10.2 Å². The van der Waals surface area contributed by atoms with Crippen molar-refractivity contribution in [2.45, 2.75) is 17.3 Å². The lowest BCUT2D eigenvalue weighted by atomic mass is 10.2. The van der Waals surface area contributed by atoms with E-state index in [0.29, 0.717) is 0 Å². The Morgan fingerprint density at radius 2 is 1.87 bits per heavy atom. The maximum atomic E-state index is 12.6. The number of nitrogens with one attached hydrogen (secondary N) is 2. The summed E-state index contributed by atoms with van der Waals surface area (Å²) in [6, 6.07) is 16.0. The number of anilines is 2. The highest BCUT2D eigenvalue weighted by molar-refractivity contribution is 9.10. The number of hydrogen-bond acceptors (Lipinski definition) is 5. The lowest BCUT2D eigenvalue weighted by Gasteiger charge is -2.28. The number of morpholine rings is 1. The van der Waals surface area contributed by atoms with Crippen LogP contribution in [0.3, 0.4) is 0 Å². The Kier molecular flexibility index (Phi) is 6.76. The first kappa shape index (κ1) is 21.0. The summed E-state index contributed by atoms with van der Waals surface area (Å²) < 4.78 is 6.42. The van der Waals surface area contributed by atoms with Crippen LogP contribution in [0.1, 0.15) is 6.92 Å². The summed E-state index contributed by atoms with van der Waals surface area (Å²) in [5.41, 5.74) is 3.92. The van der Waals surface area contributed by atoms with Crippen LogP contribution in [0, 0.1) is 0 Å². The van der Waals surface area contributed by atoms with Gasteiger partial charge in [-0.15, -0.1) is 0 Å². The molecule has 2 N–H and O–H groups in total. The maximum Gasteiger partial charge on any atom is 0.237 e. The van der Waals surface area contributed by atoms with E-state index < -0.39 is 0 Å². The second-order valence-electron chi connectivity index (χ2n) is 7.00. The molecular formula is C22H23BrN4O2S. The van der Waals surface area contributed by atoms with E-state index in [-0.39, 0.29) is 11.2 Å². The number of amides is 1. The number of aromatic nitrogens is 2. The number of carbonyl (C=O) groups excluding carboxylic acids is 1. The quantitative estimate of drug-likeness (QED) is 0.489. The molecule has 0 spiro atoms. The normalized spacial score (nSPS) is 15.1. The predicted octanol–water partition coefficient (Wildman–Crippen LogP) is 4.80. The number of nitrogens with zero attached hydrogens (tertiary/aromatic N) is 2. The fourth-order valence-corrected chi connectivity index (χ4v) is 4.23. The molecule has 1 amide bonds. The Hall–Kier alpha value is -2.29. The van der Waals surface area contributed by atoms with E-state index in [9.17, 15) is 4.79 Å². The van der Waals surface area contributed by atoms with Crippen molar-refractivity contribution in [1.29, 1.82) is 0 Å². The molecule has 30 heavy (non-hydrogen) atoms. The van der Waals surface area contributed by atoms with Gasteiger partial charge in [0.1, 0.15) is 0 Å². The highest BCUT2D eigenvalue weighted by Crippen LogP contribution is 2.26. The highest BCUT2D eigenvalue weighted by Gasteiger charge is 2.17. The summed E-state index contributed by atoms with van der Waals surface area (Å²) >= 11 is 4.85. The molecule has 156 valence electrons. The topological polar surface area (TPSA) is 70.2 Å². The molecule has 1 atom stereocenters. The molecule has 0 bridgehead atoms. The van der Waals surface area contributed by atoms with E-state index in [0.717, 1.165) is 58.6 Å². The van der Waals surface area contributed by atoms with Gasteiger partial charge in [0.05, 0.1) is 30.4 Å². The fourth-order valence-electron chi connectivity index (χ4n) is 3.18. The van der Waals surface area contributed by atoms with Crippen molar-refractivity contribution < 1.29 is 9.53 Å². The van der Waals surface area contributed by atoms with Crippen molar-refractivity contribution >= 4 is 45.0 Å². The van der Waals surface area contributed by atoms with Gasteiger partial charge in [-0.25, -0.2) is 4.98 Å². The molecule has 1 fully saturated rings. The third-order valence-corrected chi connectivity index (χ3v) is 6.40. The standard InChI is InChI=1S/C22H23BrN4O2S/c1-15(30-22-24-14-20(26-22)16-2-4-17(23)5-3-16)21(28)25-18-6-8-19(9-7-18)27-10-12-29-13-11-27/h2-9,14-15H,10-13H2,1H3,(H,24,26)(H,25,28)/t15-/m1/s1. The third-order valence-electron chi connectivity index (χ3n) is 4.88. The predicted molar refractivity (Wildman–Crippen MR) is 125 cm³/mol. The van der Waals surface area contributed by atoms with Gasteiger partial charge in [-0.05, 0) is 48.9 Å². The summed E-state index contributed by atoms with van der Waals surface area (Å²) in [7, 11) is 0. The van der Waals surface area contributed by atoms with E-state index in [4.69, 9.17) is 4.74 Å². The van der Waals surface area contributed by atoms with Crippen molar-refractivity contribution in [2.24, 2.45) is 0 Å². The third kappa shape index (κ3) is 5.24. The van der Waals surface area contributed by atoms with Crippen LogP contribution in [0.25, 0.3) is 11.3 Å². The van der Waals surface area contributed by atoms with Gasteiger partial charge in [-0.1, -0.05) is 39.8 Å². The molecule has 1 aliphatic heterocycles. The Labute approximate surface area is 188 Å². The number of halogens is 1. The Bertz CT molecular complexity index is 985.